The summed E-state index contributed by atoms with van der Waals surface area (Å²) in [6.07, 6.45) is 3.91. The lowest BCUT2D eigenvalue weighted by atomic mass is 9.91. The number of carbonyl (C=O) groups excluding carboxylic acids is 2. The number of likely N-dealkylation sites (tertiary alicyclic amines) is 1. The number of H-pyrrole nitrogens is 1. The molecule has 0 unspecified atom stereocenters. The fourth-order valence-electron chi connectivity index (χ4n) is 5.58. The molecule has 182 valence electrons. The van der Waals surface area contributed by atoms with Crippen molar-refractivity contribution in [3.8, 4) is 22.4 Å². The molecule has 2 aliphatic heterocycles. The highest BCUT2D eigenvalue weighted by molar-refractivity contribution is 6.07. The highest BCUT2D eigenvalue weighted by Gasteiger charge is 2.27. The number of rotatable bonds is 5. The molecule has 0 radical (unpaired) electrons. The number of carbonyl (C=O) groups is 2. The van der Waals surface area contributed by atoms with E-state index in [1.165, 1.54) is 45.0 Å². The lowest BCUT2D eigenvalue weighted by Crippen LogP contribution is -2.28. The van der Waals surface area contributed by atoms with Gasteiger partial charge in [-0.25, -0.2) is 4.79 Å². The zero-order valence-corrected chi connectivity index (χ0v) is 20.4. The van der Waals surface area contributed by atoms with Crippen molar-refractivity contribution in [1.82, 2.24) is 15.2 Å². The number of methoxy groups -OCH3 is 1. The molecule has 0 bridgehead atoms. The third-order valence-electron chi connectivity index (χ3n) is 7.39. The first-order valence-corrected chi connectivity index (χ1v) is 12.6. The molecule has 6 rings (SSSR count). The summed E-state index contributed by atoms with van der Waals surface area (Å²) in [5, 5.41) is 4.15. The largest absolute Gasteiger partial charge is 0.465 e. The predicted octanol–water partition coefficient (Wildman–Crippen LogP) is 5.52. The molecule has 36 heavy (non-hydrogen) atoms. The van der Waals surface area contributed by atoms with Crippen LogP contribution in [0.2, 0.25) is 0 Å². The minimum Gasteiger partial charge on any atom is -0.465 e. The van der Waals surface area contributed by atoms with E-state index >= 15 is 0 Å². The molecule has 4 aromatic rings. The van der Waals surface area contributed by atoms with Crippen molar-refractivity contribution in [2.75, 3.05) is 20.2 Å². The molecule has 2 aliphatic rings. The Morgan fingerprint density at radius 1 is 0.972 bits per heavy atom. The number of nitrogens with zero attached hydrogens (tertiary/aromatic N) is 1. The maximum Gasteiger partial charge on any atom is 0.337 e. The molecular weight excluding hydrogens is 450 g/mol. The van der Waals surface area contributed by atoms with Crippen molar-refractivity contribution < 1.29 is 14.3 Å². The fourth-order valence-corrected chi connectivity index (χ4v) is 5.58. The highest BCUT2D eigenvalue weighted by atomic mass is 16.5. The summed E-state index contributed by atoms with van der Waals surface area (Å²) >= 11 is 0. The van der Waals surface area contributed by atoms with Crippen molar-refractivity contribution in [3.05, 3.63) is 82.9 Å². The molecule has 6 nitrogen and oxygen atoms in total. The van der Waals surface area contributed by atoms with Gasteiger partial charge >= 0.3 is 5.97 Å². The van der Waals surface area contributed by atoms with Crippen LogP contribution in [0, 0.1) is 0 Å². The normalized spacial score (nSPS) is 15.6. The van der Waals surface area contributed by atoms with Crippen LogP contribution in [0.1, 0.15) is 51.1 Å². The van der Waals surface area contributed by atoms with Gasteiger partial charge in [0.05, 0.1) is 18.2 Å². The predicted molar refractivity (Wildman–Crippen MR) is 141 cm³/mol. The molecule has 1 aromatic heterocycles. The lowest BCUT2D eigenvalue weighted by molar-refractivity contribution is 0.0600. The van der Waals surface area contributed by atoms with Crippen LogP contribution in [0.4, 0.5) is 0 Å². The van der Waals surface area contributed by atoms with Gasteiger partial charge in [0.1, 0.15) is 0 Å². The second kappa shape index (κ2) is 9.28. The molecule has 0 aliphatic carbocycles. The lowest BCUT2D eigenvalue weighted by Gasteiger charge is -2.26. The molecule has 3 aromatic carbocycles. The number of amides is 1. The summed E-state index contributed by atoms with van der Waals surface area (Å²) < 4.78 is 4.88. The quantitative estimate of drug-likeness (QED) is 0.370. The van der Waals surface area contributed by atoms with E-state index in [9.17, 15) is 9.59 Å². The van der Waals surface area contributed by atoms with E-state index in [2.05, 4.69) is 39.5 Å². The number of aromatic amines is 1. The molecule has 1 fully saturated rings. The van der Waals surface area contributed by atoms with Crippen LogP contribution in [0.3, 0.4) is 0 Å². The smallest absolute Gasteiger partial charge is 0.337 e. The zero-order chi connectivity index (χ0) is 24.6. The second-order valence-electron chi connectivity index (χ2n) is 9.71. The average Bonchev–Trinajstić information content (AvgIpc) is 3.52. The molecule has 3 heterocycles. The van der Waals surface area contributed by atoms with Crippen LogP contribution in [0.5, 0.6) is 0 Å². The first-order chi connectivity index (χ1) is 17.6. The Balaban J connectivity index is 1.37. The minimum atomic E-state index is -0.378. The number of ether oxygens (including phenoxy) is 1. The van der Waals surface area contributed by atoms with Crippen molar-refractivity contribution in [2.45, 2.75) is 32.4 Å². The topological polar surface area (TPSA) is 74.4 Å². The Morgan fingerprint density at radius 2 is 1.81 bits per heavy atom. The zero-order valence-electron chi connectivity index (χ0n) is 20.4. The summed E-state index contributed by atoms with van der Waals surface area (Å²) in [5.41, 5.74) is 8.16. The fraction of sp³-hybridized carbons (Fsp3) is 0.267. The van der Waals surface area contributed by atoms with E-state index in [0.717, 1.165) is 45.4 Å². The van der Waals surface area contributed by atoms with Gasteiger partial charge < -0.3 is 15.0 Å². The standard InChI is InChI=1S/C30H29N3O3/c1-36-30(35)21-7-5-6-20(15-21)23-9-10-24(28-25(23)17-31-29(28)34)27-16-22-14-19(8-11-26(22)32-27)18-33-12-3-2-4-13-33/h5-11,14-16,32H,2-4,12-13,17-18H2,1H3,(H,31,34). The molecule has 1 amide bonds. The maximum atomic E-state index is 13.0. The van der Waals surface area contributed by atoms with Crippen LogP contribution in [0.15, 0.2) is 60.7 Å². The molecule has 1 saturated heterocycles. The number of piperidine rings is 1. The maximum absolute atomic E-state index is 13.0. The Kier molecular flexibility index (Phi) is 5.82. The number of aromatic nitrogens is 1. The van der Waals surface area contributed by atoms with Crippen molar-refractivity contribution >= 4 is 22.8 Å². The molecule has 0 saturated carbocycles. The number of hydrogen-bond donors (Lipinski definition) is 2. The monoisotopic (exact) mass is 479 g/mol. The number of hydrogen-bond acceptors (Lipinski definition) is 4. The van der Waals surface area contributed by atoms with Crippen molar-refractivity contribution in [1.29, 1.82) is 0 Å². The van der Waals surface area contributed by atoms with Crippen LogP contribution < -0.4 is 5.32 Å². The van der Waals surface area contributed by atoms with Gasteiger partial charge in [0.25, 0.3) is 5.91 Å². The first-order valence-electron chi connectivity index (χ1n) is 12.6. The summed E-state index contributed by atoms with van der Waals surface area (Å²) in [7, 11) is 1.38. The molecule has 6 heteroatoms. The van der Waals surface area contributed by atoms with Gasteiger partial charge in [0.15, 0.2) is 0 Å². The third kappa shape index (κ3) is 4.07. The van der Waals surface area contributed by atoms with Gasteiger partial charge in [-0.3, -0.25) is 9.69 Å². The van der Waals surface area contributed by atoms with Crippen LogP contribution in [-0.2, 0) is 17.8 Å². The van der Waals surface area contributed by atoms with E-state index in [0.29, 0.717) is 17.7 Å². The van der Waals surface area contributed by atoms with E-state index < -0.39 is 0 Å². The van der Waals surface area contributed by atoms with Gasteiger partial charge in [-0.05, 0) is 78.5 Å². The summed E-state index contributed by atoms with van der Waals surface area (Å²) in [6, 6.07) is 20.1. The number of esters is 1. The van der Waals surface area contributed by atoms with Gasteiger partial charge in [-0.1, -0.05) is 36.8 Å². The van der Waals surface area contributed by atoms with E-state index in [1.54, 1.807) is 6.07 Å². The summed E-state index contributed by atoms with van der Waals surface area (Å²) in [6.45, 7) is 3.78. The Morgan fingerprint density at radius 3 is 2.64 bits per heavy atom. The van der Waals surface area contributed by atoms with Crippen LogP contribution >= 0.6 is 0 Å². The van der Waals surface area contributed by atoms with Crippen molar-refractivity contribution in [3.63, 3.8) is 0 Å². The highest BCUT2D eigenvalue weighted by Crippen LogP contribution is 2.37. The number of nitrogens with one attached hydrogen (secondary N) is 2. The van der Waals surface area contributed by atoms with Gasteiger partial charge in [-0.2, -0.15) is 0 Å². The van der Waals surface area contributed by atoms with Gasteiger partial charge in [0, 0.05) is 35.2 Å². The molecular formula is C30H29N3O3. The Labute approximate surface area is 210 Å². The first kappa shape index (κ1) is 22.6. The summed E-state index contributed by atoms with van der Waals surface area (Å²) in [5.74, 6) is -0.451. The molecule has 0 atom stereocenters. The van der Waals surface area contributed by atoms with E-state index in [-0.39, 0.29) is 11.9 Å². The Bertz CT molecular complexity index is 1480. The molecule has 2 N–H and O–H groups in total. The average molecular weight is 480 g/mol. The van der Waals surface area contributed by atoms with Crippen molar-refractivity contribution in [2.24, 2.45) is 0 Å². The van der Waals surface area contributed by atoms with Crippen LogP contribution in [0.25, 0.3) is 33.3 Å². The minimum absolute atomic E-state index is 0.0737. The van der Waals surface area contributed by atoms with Gasteiger partial charge in [-0.15, -0.1) is 0 Å². The third-order valence-corrected chi connectivity index (χ3v) is 7.39. The van der Waals surface area contributed by atoms with E-state index in [4.69, 9.17) is 4.74 Å². The summed E-state index contributed by atoms with van der Waals surface area (Å²) in [4.78, 5) is 31.1. The number of fused-ring (bicyclic) bond motifs is 2. The van der Waals surface area contributed by atoms with Crippen LogP contribution in [-0.4, -0.2) is 42.0 Å². The Hall–Kier alpha value is -3.90. The van der Waals surface area contributed by atoms with Gasteiger partial charge in [0.2, 0.25) is 0 Å². The number of benzene rings is 3. The SMILES string of the molecule is COC(=O)c1cccc(-c2ccc(-c3cc4cc(CN5CCCCC5)ccc4[nH]3)c3c2CNC3=O)c1. The second-order valence-corrected chi connectivity index (χ2v) is 9.71. The molecule has 0 spiro atoms. The van der Waals surface area contributed by atoms with E-state index in [1.807, 2.05) is 30.3 Å².